The molecule has 0 heterocycles. The molecule has 17 heavy (non-hydrogen) atoms. The van der Waals surface area contributed by atoms with Crippen molar-refractivity contribution < 1.29 is 19.0 Å². The molecule has 0 aliphatic heterocycles. The first-order valence-corrected chi connectivity index (χ1v) is 5.98. The van der Waals surface area contributed by atoms with E-state index in [0.29, 0.717) is 6.42 Å². The Morgan fingerprint density at radius 2 is 2.12 bits per heavy atom. The van der Waals surface area contributed by atoms with E-state index in [4.69, 9.17) is 9.84 Å². The fraction of sp³-hybridized carbons (Fsp3) is 0.417. The summed E-state index contributed by atoms with van der Waals surface area (Å²) in [6, 6.07) is 2.65. The summed E-state index contributed by atoms with van der Waals surface area (Å²) in [4.78, 5) is 10.8. The smallest absolute Gasteiger partial charge is 0.336 e. The largest absolute Gasteiger partial charge is 0.485 e. The van der Waals surface area contributed by atoms with Gasteiger partial charge in [-0.15, -0.1) is 0 Å². The Kier molecular flexibility index (Phi) is 4.14. The van der Waals surface area contributed by atoms with E-state index in [2.05, 4.69) is 15.9 Å². The van der Waals surface area contributed by atoms with Crippen LogP contribution in [0, 0.1) is 5.82 Å². The SMILES string of the molecule is CCC(C)(C)Oc1ccc(C(=O)O)c(Br)c1F. The predicted molar refractivity (Wildman–Crippen MR) is 66.1 cm³/mol. The highest BCUT2D eigenvalue weighted by atomic mass is 79.9. The van der Waals surface area contributed by atoms with E-state index in [1.54, 1.807) is 0 Å². The molecule has 1 aromatic rings. The summed E-state index contributed by atoms with van der Waals surface area (Å²) in [5, 5.41) is 8.82. The molecule has 1 aromatic carbocycles. The summed E-state index contributed by atoms with van der Waals surface area (Å²) in [5.41, 5.74) is -0.616. The third kappa shape index (κ3) is 3.19. The zero-order chi connectivity index (χ0) is 13.2. The van der Waals surface area contributed by atoms with Gasteiger partial charge in [0.1, 0.15) is 5.60 Å². The molecule has 0 saturated carbocycles. The van der Waals surface area contributed by atoms with Crippen LogP contribution in [-0.4, -0.2) is 16.7 Å². The van der Waals surface area contributed by atoms with Gasteiger partial charge in [-0.1, -0.05) is 6.92 Å². The monoisotopic (exact) mass is 304 g/mol. The Hall–Kier alpha value is -1.10. The van der Waals surface area contributed by atoms with Gasteiger partial charge < -0.3 is 9.84 Å². The van der Waals surface area contributed by atoms with Gasteiger partial charge >= 0.3 is 5.97 Å². The fourth-order valence-corrected chi connectivity index (χ4v) is 1.64. The number of hydrogen-bond donors (Lipinski definition) is 1. The number of carboxylic acid groups (broad SMARTS) is 1. The molecule has 3 nitrogen and oxygen atoms in total. The zero-order valence-electron chi connectivity index (χ0n) is 9.88. The van der Waals surface area contributed by atoms with Crippen LogP contribution < -0.4 is 4.74 Å². The minimum Gasteiger partial charge on any atom is -0.485 e. The summed E-state index contributed by atoms with van der Waals surface area (Å²) in [6.45, 7) is 5.61. The molecule has 0 aliphatic rings. The van der Waals surface area contributed by atoms with Crippen molar-refractivity contribution in [3.8, 4) is 5.75 Å². The molecule has 0 spiro atoms. The minimum atomic E-state index is -1.18. The molecule has 0 radical (unpaired) electrons. The summed E-state index contributed by atoms with van der Waals surface area (Å²) in [6.07, 6.45) is 0.713. The normalized spacial score (nSPS) is 11.4. The second kappa shape index (κ2) is 5.04. The molecule has 0 bridgehead atoms. The van der Waals surface area contributed by atoms with Crippen LogP contribution in [0.2, 0.25) is 0 Å². The van der Waals surface area contributed by atoms with Crippen LogP contribution in [0.25, 0.3) is 0 Å². The highest BCUT2D eigenvalue weighted by Gasteiger charge is 2.22. The van der Waals surface area contributed by atoms with E-state index in [1.165, 1.54) is 12.1 Å². The zero-order valence-corrected chi connectivity index (χ0v) is 11.5. The maximum Gasteiger partial charge on any atom is 0.336 e. The Morgan fingerprint density at radius 1 is 1.53 bits per heavy atom. The summed E-state index contributed by atoms with van der Waals surface area (Å²) >= 11 is 2.93. The maximum absolute atomic E-state index is 13.9. The number of ether oxygens (including phenoxy) is 1. The number of rotatable bonds is 4. The molecule has 0 unspecified atom stereocenters. The van der Waals surface area contributed by atoms with Crippen LogP contribution in [-0.2, 0) is 0 Å². The van der Waals surface area contributed by atoms with Gasteiger partial charge in [-0.25, -0.2) is 9.18 Å². The third-order valence-corrected chi connectivity index (χ3v) is 3.29. The van der Waals surface area contributed by atoms with Crippen LogP contribution in [0.5, 0.6) is 5.75 Å². The molecule has 5 heteroatoms. The van der Waals surface area contributed by atoms with Gasteiger partial charge in [0.05, 0.1) is 10.0 Å². The van der Waals surface area contributed by atoms with Crippen molar-refractivity contribution >= 4 is 21.9 Å². The molecule has 1 rings (SSSR count). The molecule has 94 valence electrons. The first-order valence-electron chi connectivity index (χ1n) is 5.19. The molecular formula is C12H14BrFO3. The number of carboxylic acids is 1. The molecule has 1 N–H and O–H groups in total. The highest BCUT2D eigenvalue weighted by Crippen LogP contribution is 2.31. The lowest BCUT2D eigenvalue weighted by Gasteiger charge is -2.25. The van der Waals surface area contributed by atoms with Crippen molar-refractivity contribution in [1.29, 1.82) is 0 Å². The number of aromatic carboxylic acids is 1. The third-order valence-electron chi connectivity index (χ3n) is 2.51. The van der Waals surface area contributed by atoms with Crippen LogP contribution in [0.4, 0.5) is 4.39 Å². The molecule has 0 fully saturated rings. The van der Waals surface area contributed by atoms with E-state index >= 15 is 0 Å². The lowest BCUT2D eigenvalue weighted by molar-refractivity contribution is 0.0694. The number of halogens is 2. The Labute approximate surface area is 108 Å². The van der Waals surface area contributed by atoms with Gasteiger partial charge in [0.25, 0.3) is 0 Å². The first-order chi connectivity index (χ1) is 7.78. The van der Waals surface area contributed by atoms with Crippen LogP contribution in [0.15, 0.2) is 16.6 Å². The molecule has 0 atom stereocenters. The van der Waals surface area contributed by atoms with Gasteiger partial charge in [-0.3, -0.25) is 0 Å². The van der Waals surface area contributed by atoms with Gasteiger partial charge in [-0.05, 0) is 48.3 Å². The molecular weight excluding hydrogens is 291 g/mol. The molecule has 0 saturated heterocycles. The Bertz CT molecular complexity index is 444. The van der Waals surface area contributed by atoms with Crippen molar-refractivity contribution in [2.24, 2.45) is 0 Å². The number of benzene rings is 1. The van der Waals surface area contributed by atoms with Gasteiger partial charge in [-0.2, -0.15) is 0 Å². The minimum absolute atomic E-state index is 0.0497. The molecule has 0 aliphatic carbocycles. The standard InChI is InChI=1S/C12H14BrFO3/c1-4-12(2,3)17-8-6-5-7(11(15)16)9(13)10(8)14/h5-6H,4H2,1-3H3,(H,15,16). The first kappa shape index (κ1) is 14.0. The topological polar surface area (TPSA) is 46.5 Å². The average molecular weight is 305 g/mol. The number of hydrogen-bond acceptors (Lipinski definition) is 2. The Balaban J connectivity index is 3.13. The van der Waals surface area contributed by atoms with Crippen LogP contribution in [0.1, 0.15) is 37.6 Å². The van der Waals surface area contributed by atoms with Crippen LogP contribution in [0.3, 0.4) is 0 Å². The van der Waals surface area contributed by atoms with Crippen molar-refractivity contribution in [3.05, 3.63) is 28.0 Å². The summed E-state index contributed by atoms with van der Waals surface area (Å²) in [7, 11) is 0. The van der Waals surface area contributed by atoms with Crippen molar-refractivity contribution in [2.75, 3.05) is 0 Å². The van der Waals surface area contributed by atoms with Crippen molar-refractivity contribution in [2.45, 2.75) is 32.8 Å². The van der Waals surface area contributed by atoms with Gasteiger partial charge in [0.15, 0.2) is 11.6 Å². The fourth-order valence-electron chi connectivity index (χ4n) is 1.15. The second-order valence-corrected chi connectivity index (χ2v) is 5.05. The lowest BCUT2D eigenvalue weighted by atomic mass is 10.1. The van der Waals surface area contributed by atoms with E-state index < -0.39 is 17.4 Å². The number of carbonyl (C=O) groups is 1. The maximum atomic E-state index is 13.9. The summed E-state index contributed by atoms with van der Waals surface area (Å²) in [5.74, 6) is -1.82. The van der Waals surface area contributed by atoms with Gasteiger partial charge in [0, 0.05) is 0 Å². The average Bonchev–Trinajstić information content (AvgIpc) is 2.24. The van der Waals surface area contributed by atoms with Crippen LogP contribution >= 0.6 is 15.9 Å². The second-order valence-electron chi connectivity index (χ2n) is 4.26. The summed E-state index contributed by atoms with van der Waals surface area (Å²) < 4.78 is 19.3. The van der Waals surface area contributed by atoms with E-state index in [-0.39, 0.29) is 15.8 Å². The molecule has 0 amide bonds. The van der Waals surface area contributed by atoms with E-state index in [0.717, 1.165) is 0 Å². The van der Waals surface area contributed by atoms with Crippen molar-refractivity contribution in [1.82, 2.24) is 0 Å². The van der Waals surface area contributed by atoms with Gasteiger partial charge in [0.2, 0.25) is 0 Å². The highest BCUT2D eigenvalue weighted by molar-refractivity contribution is 9.10. The van der Waals surface area contributed by atoms with E-state index in [9.17, 15) is 9.18 Å². The Morgan fingerprint density at radius 3 is 2.59 bits per heavy atom. The lowest BCUT2D eigenvalue weighted by Crippen LogP contribution is -2.27. The van der Waals surface area contributed by atoms with Crippen molar-refractivity contribution in [3.63, 3.8) is 0 Å². The molecule has 0 aromatic heterocycles. The van der Waals surface area contributed by atoms with E-state index in [1.807, 2.05) is 20.8 Å². The predicted octanol–water partition coefficient (Wildman–Crippen LogP) is 3.85. The quantitative estimate of drug-likeness (QED) is 0.919.